The van der Waals surface area contributed by atoms with Gasteiger partial charge in [-0.1, -0.05) is 0 Å². The predicted molar refractivity (Wildman–Crippen MR) is 69.8 cm³/mol. The molecular weight excluding hydrogens is 246 g/mol. The van der Waals surface area contributed by atoms with E-state index in [1.54, 1.807) is 0 Å². The van der Waals surface area contributed by atoms with Crippen LogP contribution >= 0.6 is 0 Å². The number of nitrogens with zero attached hydrogens (tertiary/aromatic N) is 1. The number of amides is 2. The van der Waals surface area contributed by atoms with Gasteiger partial charge in [-0.2, -0.15) is 0 Å². The van der Waals surface area contributed by atoms with Crippen LogP contribution < -0.4 is 10.9 Å². The van der Waals surface area contributed by atoms with Gasteiger partial charge in [-0.25, -0.2) is 0 Å². The molecule has 6 heteroatoms. The quantitative estimate of drug-likeness (QED) is 0.809. The van der Waals surface area contributed by atoms with Crippen LogP contribution in [0.25, 0.3) is 0 Å². The Labute approximate surface area is 110 Å². The molecule has 1 fully saturated rings. The minimum atomic E-state index is -0.333. The number of carbonyl (C=O) groups excluding carboxylic acids is 2. The topological polar surface area (TPSA) is 82.3 Å². The van der Waals surface area contributed by atoms with E-state index in [1.807, 2.05) is 4.90 Å². The first-order chi connectivity index (χ1) is 9.16. The molecule has 0 bridgehead atoms. The Morgan fingerprint density at radius 1 is 1.32 bits per heavy atom. The molecule has 2 rings (SSSR count). The standard InChI is InChI=1S/C13H17N3O3/c17-11-9-10(3-5-14-11)13(19)15-6-4-12(18)16-7-1-2-8-16/h3,5,9H,1-2,4,6-8H2,(H,14,17)(H,15,19). The van der Waals surface area contributed by atoms with E-state index in [0.717, 1.165) is 25.9 Å². The van der Waals surface area contributed by atoms with Gasteiger partial charge >= 0.3 is 0 Å². The van der Waals surface area contributed by atoms with E-state index < -0.39 is 0 Å². The molecule has 0 aromatic carbocycles. The Morgan fingerprint density at radius 3 is 2.74 bits per heavy atom. The van der Waals surface area contributed by atoms with Crippen LogP contribution in [-0.4, -0.2) is 41.3 Å². The third kappa shape index (κ3) is 3.67. The van der Waals surface area contributed by atoms with Gasteiger partial charge < -0.3 is 15.2 Å². The predicted octanol–water partition coefficient (Wildman–Crippen LogP) is 0.117. The van der Waals surface area contributed by atoms with Crippen molar-refractivity contribution in [3.8, 4) is 0 Å². The maximum atomic E-state index is 11.7. The van der Waals surface area contributed by atoms with Crippen LogP contribution in [0.2, 0.25) is 0 Å². The van der Waals surface area contributed by atoms with Gasteiger partial charge in [0.05, 0.1) is 0 Å². The van der Waals surface area contributed by atoms with Crippen LogP contribution in [0.5, 0.6) is 0 Å². The maximum absolute atomic E-state index is 11.7. The molecule has 6 nitrogen and oxygen atoms in total. The molecule has 2 heterocycles. The van der Waals surface area contributed by atoms with Crippen LogP contribution in [0.15, 0.2) is 23.1 Å². The zero-order chi connectivity index (χ0) is 13.7. The fraction of sp³-hybridized carbons (Fsp3) is 0.462. The van der Waals surface area contributed by atoms with Gasteiger partial charge in [0.15, 0.2) is 0 Å². The SMILES string of the molecule is O=C(NCCC(=O)N1CCCC1)c1cc[nH]c(=O)c1. The number of rotatable bonds is 4. The summed E-state index contributed by atoms with van der Waals surface area (Å²) < 4.78 is 0. The number of H-pyrrole nitrogens is 1. The van der Waals surface area contributed by atoms with Crippen molar-refractivity contribution < 1.29 is 9.59 Å². The molecule has 19 heavy (non-hydrogen) atoms. The summed E-state index contributed by atoms with van der Waals surface area (Å²) in [4.78, 5) is 38.8. The average Bonchev–Trinajstić information content (AvgIpc) is 2.92. The Balaban J connectivity index is 1.77. The van der Waals surface area contributed by atoms with Gasteiger partial charge in [0.25, 0.3) is 5.91 Å². The second kappa shape index (κ2) is 6.17. The summed E-state index contributed by atoms with van der Waals surface area (Å²) in [6.07, 6.45) is 3.84. The smallest absolute Gasteiger partial charge is 0.251 e. The Bertz CT molecular complexity index is 518. The summed E-state index contributed by atoms with van der Waals surface area (Å²) in [5, 5.41) is 2.64. The fourth-order valence-corrected chi connectivity index (χ4v) is 2.10. The highest BCUT2D eigenvalue weighted by Crippen LogP contribution is 2.08. The highest BCUT2D eigenvalue weighted by Gasteiger charge is 2.17. The Kier molecular flexibility index (Phi) is 4.33. The fourth-order valence-electron chi connectivity index (χ4n) is 2.10. The largest absolute Gasteiger partial charge is 0.352 e. The molecule has 0 spiro atoms. The van der Waals surface area contributed by atoms with Gasteiger partial charge in [-0.3, -0.25) is 14.4 Å². The van der Waals surface area contributed by atoms with Crippen LogP contribution in [0, 0.1) is 0 Å². The minimum Gasteiger partial charge on any atom is -0.352 e. The van der Waals surface area contributed by atoms with E-state index in [-0.39, 0.29) is 17.4 Å². The van der Waals surface area contributed by atoms with Crippen LogP contribution in [0.1, 0.15) is 29.6 Å². The first-order valence-corrected chi connectivity index (χ1v) is 6.41. The first-order valence-electron chi connectivity index (χ1n) is 6.41. The van der Waals surface area contributed by atoms with Gasteiger partial charge in [0, 0.05) is 43.9 Å². The number of hydrogen-bond donors (Lipinski definition) is 2. The molecule has 102 valence electrons. The molecule has 0 aliphatic carbocycles. The van der Waals surface area contributed by atoms with Crippen molar-refractivity contribution in [2.75, 3.05) is 19.6 Å². The van der Waals surface area contributed by atoms with Crippen LogP contribution in [0.3, 0.4) is 0 Å². The normalized spacial score (nSPS) is 14.4. The number of nitrogens with one attached hydrogen (secondary N) is 2. The summed E-state index contributed by atoms with van der Waals surface area (Å²) in [5.41, 5.74) is -0.0156. The molecule has 1 aromatic rings. The molecule has 2 amide bonds. The van der Waals surface area contributed by atoms with Crippen LogP contribution in [-0.2, 0) is 4.79 Å². The lowest BCUT2D eigenvalue weighted by molar-refractivity contribution is -0.129. The first kappa shape index (κ1) is 13.3. The van der Waals surface area contributed by atoms with E-state index in [0.29, 0.717) is 18.5 Å². The van der Waals surface area contributed by atoms with Gasteiger partial charge in [0.1, 0.15) is 0 Å². The molecule has 0 atom stereocenters. The van der Waals surface area contributed by atoms with Crippen molar-refractivity contribution in [2.24, 2.45) is 0 Å². The van der Waals surface area contributed by atoms with E-state index in [4.69, 9.17) is 0 Å². The molecule has 0 saturated carbocycles. The van der Waals surface area contributed by atoms with E-state index in [9.17, 15) is 14.4 Å². The van der Waals surface area contributed by atoms with Crippen LogP contribution in [0.4, 0.5) is 0 Å². The molecule has 1 aliphatic heterocycles. The molecule has 1 aromatic heterocycles. The number of hydrogen-bond acceptors (Lipinski definition) is 3. The molecule has 1 saturated heterocycles. The molecule has 2 N–H and O–H groups in total. The summed E-state index contributed by atoms with van der Waals surface area (Å²) >= 11 is 0. The highest BCUT2D eigenvalue weighted by molar-refractivity contribution is 5.94. The Hall–Kier alpha value is -2.11. The molecule has 0 unspecified atom stereocenters. The molecule has 1 aliphatic rings. The zero-order valence-corrected chi connectivity index (χ0v) is 10.6. The second-order valence-corrected chi connectivity index (χ2v) is 4.54. The highest BCUT2D eigenvalue weighted by atomic mass is 16.2. The van der Waals surface area contributed by atoms with Crippen molar-refractivity contribution in [3.05, 3.63) is 34.2 Å². The van der Waals surface area contributed by atoms with E-state index in [2.05, 4.69) is 10.3 Å². The van der Waals surface area contributed by atoms with Gasteiger partial charge in [-0.05, 0) is 18.9 Å². The second-order valence-electron chi connectivity index (χ2n) is 4.54. The maximum Gasteiger partial charge on any atom is 0.251 e. The van der Waals surface area contributed by atoms with Crippen molar-refractivity contribution in [3.63, 3.8) is 0 Å². The van der Waals surface area contributed by atoms with E-state index >= 15 is 0 Å². The number of aromatic nitrogens is 1. The summed E-state index contributed by atoms with van der Waals surface area (Å²) in [7, 11) is 0. The van der Waals surface area contributed by atoms with Gasteiger partial charge in [0.2, 0.25) is 11.5 Å². The van der Waals surface area contributed by atoms with Crippen molar-refractivity contribution >= 4 is 11.8 Å². The van der Waals surface area contributed by atoms with Crippen molar-refractivity contribution in [2.45, 2.75) is 19.3 Å². The van der Waals surface area contributed by atoms with Crippen molar-refractivity contribution in [1.29, 1.82) is 0 Å². The minimum absolute atomic E-state index is 0.0729. The van der Waals surface area contributed by atoms with Crippen molar-refractivity contribution in [1.82, 2.24) is 15.2 Å². The monoisotopic (exact) mass is 263 g/mol. The van der Waals surface area contributed by atoms with E-state index in [1.165, 1.54) is 18.3 Å². The molecular formula is C13H17N3O3. The third-order valence-corrected chi connectivity index (χ3v) is 3.12. The van der Waals surface area contributed by atoms with Gasteiger partial charge in [-0.15, -0.1) is 0 Å². The number of likely N-dealkylation sites (tertiary alicyclic amines) is 1. The average molecular weight is 263 g/mol. The number of aromatic amines is 1. The molecule has 0 radical (unpaired) electrons. The third-order valence-electron chi connectivity index (χ3n) is 3.12. The zero-order valence-electron chi connectivity index (χ0n) is 10.6. The number of pyridine rings is 1. The lowest BCUT2D eigenvalue weighted by Crippen LogP contribution is -2.33. The summed E-state index contributed by atoms with van der Waals surface area (Å²) in [6, 6.07) is 2.76. The Morgan fingerprint density at radius 2 is 2.05 bits per heavy atom. The lowest BCUT2D eigenvalue weighted by Gasteiger charge is -2.15. The number of carbonyl (C=O) groups is 2. The summed E-state index contributed by atoms with van der Waals surface area (Å²) in [5.74, 6) is -0.260. The lowest BCUT2D eigenvalue weighted by atomic mass is 10.2. The summed E-state index contributed by atoms with van der Waals surface area (Å²) in [6.45, 7) is 1.93.